The van der Waals surface area contributed by atoms with E-state index in [-0.39, 0.29) is 11.3 Å². The van der Waals surface area contributed by atoms with E-state index in [1.165, 1.54) is 7.11 Å². The quantitative estimate of drug-likeness (QED) is 0.608. The van der Waals surface area contributed by atoms with Crippen LogP contribution in [0.2, 0.25) is 0 Å². The Balaban J connectivity index is 2.76. The number of ether oxygens (including phenoxy) is 1. The molecule has 1 aromatic carbocycles. The third kappa shape index (κ3) is 4.41. The lowest BCUT2D eigenvalue weighted by Gasteiger charge is -2.04. The van der Waals surface area contributed by atoms with Gasteiger partial charge in [-0.2, -0.15) is 0 Å². The minimum absolute atomic E-state index is 0.00530. The van der Waals surface area contributed by atoms with Crippen molar-refractivity contribution >= 4 is 16.8 Å². The molecule has 0 aliphatic heterocycles. The van der Waals surface area contributed by atoms with Crippen LogP contribution < -0.4 is 0 Å². The standard InChI is InChI=1S/C13H15FO3S/c1-10-3-5-12(6-4-10)18(16)9-11(8-14)7-13(15)17-2/h3-7H,8-9H2,1-2H3/b11-7-/t18-/m1/s1. The summed E-state index contributed by atoms with van der Waals surface area (Å²) in [5.41, 5.74) is 1.23. The van der Waals surface area contributed by atoms with Gasteiger partial charge in [-0.05, 0) is 24.6 Å². The number of hydrogen-bond acceptors (Lipinski definition) is 3. The molecule has 0 amide bonds. The second-order valence-electron chi connectivity index (χ2n) is 3.76. The number of benzene rings is 1. The molecule has 0 spiro atoms. The van der Waals surface area contributed by atoms with Gasteiger partial charge in [0.05, 0.1) is 23.7 Å². The second kappa shape index (κ2) is 7.06. The normalized spacial score (nSPS) is 13.2. The molecule has 1 aromatic rings. The van der Waals surface area contributed by atoms with Crippen LogP contribution in [0.25, 0.3) is 0 Å². The van der Waals surface area contributed by atoms with Crippen molar-refractivity contribution in [2.75, 3.05) is 19.5 Å². The maximum Gasteiger partial charge on any atom is 0.330 e. The number of methoxy groups -OCH3 is 1. The first-order valence-corrected chi connectivity index (χ1v) is 6.67. The van der Waals surface area contributed by atoms with Gasteiger partial charge in [0.25, 0.3) is 0 Å². The van der Waals surface area contributed by atoms with E-state index in [0.717, 1.165) is 11.6 Å². The molecule has 0 aliphatic rings. The Hall–Kier alpha value is -1.49. The van der Waals surface area contributed by atoms with Crippen LogP contribution in [0.5, 0.6) is 0 Å². The summed E-state index contributed by atoms with van der Waals surface area (Å²) in [6.45, 7) is 1.11. The van der Waals surface area contributed by atoms with Crippen molar-refractivity contribution in [2.24, 2.45) is 0 Å². The highest BCUT2D eigenvalue weighted by Gasteiger charge is 2.09. The maximum absolute atomic E-state index is 12.7. The van der Waals surface area contributed by atoms with Crippen LogP contribution in [-0.2, 0) is 20.3 Å². The first-order valence-electron chi connectivity index (χ1n) is 5.35. The summed E-state index contributed by atoms with van der Waals surface area (Å²) in [5.74, 6) is -0.641. The van der Waals surface area contributed by atoms with Gasteiger partial charge < -0.3 is 4.74 Å². The minimum atomic E-state index is -1.36. The molecular formula is C13H15FO3S. The van der Waals surface area contributed by atoms with E-state index in [4.69, 9.17) is 0 Å². The second-order valence-corrected chi connectivity index (χ2v) is 5.21. The summed E-state index contributed by atoms with van der Waals surface area (Å²) < 4.78 is 29.0. The first kappa shape index (κ1) is 14.6. The fourth-order valence-electron chi connectivity index (χ4n) is 1.29. The number of carbonyl (C=O) groups excluding carboxylic acids is 1. The van der Waals surface area contributed by atoms with Gasteiger partial charge in [0, 0.05) is 11.0 Å². The Morgan fingerprint density at radius 1 is 1.39 bits per heavy atom. The molecule has 0 aliphatic carbocycles. The topological polar surface area (TPSA) is 43.4 Å². The maximum atomic E-state index is 12.7. The molecule has 0 aromatic heterocycles. The molecule has 0 saturated carbocycles. The van der Waals surface area contributed by atoms with Crippen molar-refractivity contribution < 1.29 is 18.1 Å². The lowest BCUT2D eigenvalue weighted by Crippen LogP contribution is -2.06. The highest BCUT2D eigenvalue weighted by atomic mass is 32.2. The molecule has 0 N–H and O–H groups in total. The Kier molecular flexibility index (Phi) is 5.71. The lowest BCUT2D eigenvalue weighted by atomic mass is 10.2. The molecule has 0 heterocycles. The molecule has 18 heavy (non-hydrogen) atoms. The number of esters is 1. The molecule has 1 rings (SSSR count). The molecule has 5 heteroatoms. The molecule has 0 saturated heterocycles. The van der Waals surface area contributed by atoms with Gasteiger partial charge in [0.1, 0.15) is 6.67 Å². The van der Waals surface area contributed by atoms with E-state index >= 15 is 0 Å². The van der Waals surface area contributed by atoms with Crippen molar-refractivity contribution in [1.82, 2.24) is 0 Å². The van der Waals surface area contributed by atoms with Crippen molar-refractivity contribution in [1.29, 1.82) is 0 Å². The van der Waals surface area contributed by atoms with Crippen LogP contribution in [0.1, 0.15) is 5.56 Å². The van der Waals surface area contributed by atoms with Gasteiger partial charge in [0.2, 0.25) is 0 Å². The van der Waals surface area contributed by atoms with Gasteiger partial charge in [-0.15, -0.1) is 0 Å². The molecule has 3 nitrogen and oxygen atoms in total. The summed E-state index contributed by atoms with van der Waals surface area (Å²) in [6.07, 6.45) is 1.05. The highest BCUT2D eigenvalue weighted by molar-refractivity contribution is 7.85. The Morgan fingerprint density at radius 3 is 2.50 bits per heavy atom. The van der Waals surface area contributed by atoms with Crippen molar-refractivity contribution in [3.05, 3.63) is 41.5 Å². The SMILES string of the molecule is COC(=O)/C=C(/CF)C[S@@](=O)c1ccc(C)cc1. The van der Waals surface area contributed by atoms with Gasteiger partial charge in [-0.3, -0.25) is 4.21 Å². The van der Waals surface area contributed by atoms with Crippen LogP contribution >= 0.6 is 0 Å². The smallest absolute Gasteiger partial charge is 0.330 e. The van der Waals surface area contributed by atoms with E-state index in [1.807, 2.05) is 19.1 Å². The zero-order chi connectivity index (χ0) is 13.5. The summed E-state index contributed by atoms with van der Waals surface area (Å²) in [7, 11) is -0.142. The van der Waals surface area contributed by atoms with Crippen molar-refractivity contribution in [2.45, 2.75) is 11.8 Å². The van der Waals surface area contributed by atoms with E-state index in [1.54, 1.807) is 12.1 Å². The number of rotatable bonds is 5. The van der Waals surface area contributed by atoms with Crippen LogP contribution in [-0.4, -0.2) is 29.7 Å². The molecule has 98 valence electrons. The molecular weight excluding hydrogens is 255 g/mol. The van der Waals surface area contributed by atoms with Crippen LogP contribution in [0.4, 0.5) is 4.39 Å². The Morgan fingerprint density at radius 2 is 2.00 bits per heavy atom. The first-order chi connectivity index (χ1) is 8.56. The average Bonchev–Trinajstić information content (AvgIpc) is 2.38. The van der Waals surface area contributed by atoms with Gasteiger partial charge in [-0.25, -0.2) is 9.18 Å². The largest absolute Gasteiger partial charge is 0.466 e. The summed E-state index contributed by atoms with van der Waals surface area (Å²) in [4.78, 5) is 11.6. The molecule has 0 fully saturated rings. The minimum Gasteiger partial charge on any atom is -0.466 e. The van der Waals surface area contributed by atoms with E-state index in [0.29, 0.717) is 4.90 Å². The van der Waals surface area contributed by atoms with Gasteiger partial charge in [0.15, 0.2) is 0 Å². The third-order valence-electron chi connectivity index (χ3n) is 2.30. The van der Waals surface area contributed by atoms with Crippen LogP contribution in [0.15, 0.2) is 40.8 Å². The summed E-state index contributed by atoms with van der Waals surface area (Å²) in [5, 5.41) is 0. The zero-order valence-electron chi connectivity index (χ0n) is 10.3. The molecule has 1 atom stereocenters. The third-order valence-corrected chi connectivity index (χ3v) is 3.73. The average molecular weight is 270 g/mol. The number of carbonyl (C=O) groups is 1. The van der Waals surface area contributed by atoms with Crippen molar-refractivity contribution in [3.63, 3.8) is 0 Å². The van der Waals surface area contributed by atoms with E-state index in [2.05, 4.69) is 4.74 Å². The number of halogens is 1. The fourth-order valence-corrected chi connectivity index (χ4v) is 2.39. The van der Waals surface area contributed by atoms with Gasteiger partial charge >= 0.3 is 5.97 Å². The van der Waals surface area contributed by atoms with Crippen LogP contribution in [0.3, 0.4) is 0 Å². The lowest BCUT2D eigenvalue weighted by molar-refractivity contribution is -0.134. The fraction of sp³-hybridized carbons (Fsp3) is 0.308. The Bertz CT molecular complexity index is 466. The Labute approximate surface area is 108 Å². The molecule has 0 radical (unpaired) electrons. The van der Waals surface area contributed by atoms with Crippen LogP contribution in [0, 0.1) is 6.92 Å². The highest BCUT2D eigenvalue weighted by Crippen LogP contribution is 2.11. The predicted octanol–water partition coefficient (Wildman–Crippen LogP) is 2.17. The number of aryl methyl sites for hydroxylation is 1. The monoisotopic (exact) mass is 270 g/mol. The predicted molar refractivity (Wildman–Crippen MR) is 68.5 cm³/mol. The number of hydrogen-bond donors (Lipinski definition) is 0. The number of alkyl halides is 1. The molecule has 0 unspecified atom stereocenters. The summed E-state index contributed by atoms with van der Waals surface area (Å²) in [6, 6.07) is 7.15. The zero-order valence-corrected chi connectivity index (χ0v) is 11.1. The van der Waals surface area contributed by atoms with Gasteiger partial charge in [-0.1, -0.05) is 17.7 Å². The summed E-state index contributed by atoms with van der Waals surface area (Å²) >= 11 is 0. The van der Waals surface area contributed by atoms with E-state index in [9.17, 15) is 13.4 Å². The van der Waals surface area contributed by atoms with Crippen molar-refractivity contribution in [3.8, 4) is 0 Å². The van der Waals surface area contributed by atoms with E-state index < -0.39 is 23.4 Å². The molecule has 0 bridgehead atoms.